The molecule has 0 fully saturated rings. The van der Waals surface area contributed by atoms with Crippen molar-refractivity contribution in [2.45, 2.75) is 44.9 Å². The van der Waals surface area contributed by atoms with Gasteiger partial charge in [-0.15, -0.1) is 0 Å². The van der Waals surface area contributed by atoms with Gasteiger partial charge in [0.05, 0.1) is 11.9 Å². The highest BCUT2D eigenvalue weighted by atomic mass is 15.6. The zero-order valence-electron chi connectivity index (χ0n) is 26.9. The summed E-state index contributed by atoms with van der Waals surface area (Å²) in [6.07, 6.45) is 5.36. The fourth-order valence-electron chi connectivity index (χ4n) is 8.62. The van der Waals surface area contributed by atoms with Crippen LogP contribution in [0.4, 0.5) is 28.6 Å². The zero-order chi connectivity index (χ0) is 31.6. The number of rotatable bonds is 4. The Morgan fingerprint density at radius 1 is 0.660 bits per heavy atom. The van der Waals surface area contributed by atoms with E-state index in [1.54, 1.807) is 6.33 Å². The average molecular weight is 616 g/mol. The number of hydrogen-bond donors (Lipinski definition) is 0. The molecule has 0 aliphatic carbocycles. The molecule has 5 aromatic rings. The molecular formula is C40H37N7. The molecule has 0 spiro atoms. The van der Waals surface area contributed by atoms with Gasteiger partial charge in [0.15, 0.2) is 17.8 Å². The lowest BCUT2D eigenvalue weighted by atomic mass is 9.70. The van der Waals surface area contributed by atoms with E-state index >= 15 is 0 Å². The van der Waals surface area contributed by atoms with Gasteiger partial charge >= 0.3 is 0 Å². The van der Waals surface area contributed by atoms with Crippen LogP contribution in [0.2, 0.25) is 0 Å². The molecule has 0 radical (unpaired) electrons. The molecule has 7 nitrogen and oxygen atoms in total. The summed E-state index contributed by atoms with van der Waals surface area (Å²) in [5.74, 6) is 2.50. The Balaban J connectivity index is 1.40. The Kier molecular flexibility index (Phi) is 6.42. The van der Waals surface area contributed by atoms with Gasteiger partial charge in [-0.25, -0.2) is 15.0 Å². The smallest absolute Gasteiger partial charge is 0.162 e. The van der Waals surface area contributed by atoms with Crippen LogP contribution in [0.5, 0.6) is 0 Å². The van der Waals surface area contributed by atoms with Gasteiger partial charge in [0, 0.05) is 35.1 Å². The van der Waals surface area contributed by atoms with Crippen LogP contribution in [0, 0.1) is 5.92 Å². The molecule has 47 heavy (non-hydrogen) atoms. The normalized spacial score (nSPS) is 22.4. The van der Waals surface area contributed by atoms with Crippen LogP contribution >= 0.6 is 0 Å². The summed E-state index contributed by atoms with van der Waals surface area (Å²) in [4.78, 5) is 16.8. The van der Waals surface area contributed by atoms with Crippen molar-refractivity contribution >= 4 is 40.0 Å². The first-order valence-electron chi connectivity index (χ1n) is 16.7. The molecule has 4 aromatic carbocycles. The maximum Gasteiger partial charge on any atom is 0.162 e. The van der Waals surface area contributed by atoms with Crippen molar-refractivity contribution in [2.75, 3.05) is 26.8 Å². The maximum absolute atomic E-state index is 5.52. The van der Waals surface area contributed by atoms with Crippen LogP contribution in [0.3, 0.4) is 0 Å². The van der Waals surface area contributed by atoms with Gasteiger partial charge in [-0.1, -0.05) is 98.8 Å². The average Bonchev–Trinajstić information content (AvgIpc) is 3.66. The lowest BCUT2D eigenvalue weighted by molar-refractivity contribution is 0.476. The van der Waals surface area contributed by atoms with E-state index < -0.39 is 0 Å². The fraction of sp³-hybridized carbons (Fsp3) is 0.225. The quantitative estimate of drug-likeness (QED) is 0.202. The summed E-state index contributed by atoms with van der Waals surface area (Å²) in [5, 5.41) is 7.81. The molecule has 0 bridgehead atoms. The van der Waals surface area contributed by atoms with Crippen LogP contribution in [-0.2, 0) is 0 Å². The van der Waals surface area contributed by atoms with Gasteiger partial charge in [-0.3, -0.25) is 4.90 Å². The number of amidine groups is 1. The van der Waals surface area contributed by atoms with Crippen LogP contribution in [0.25, 0.3) is 5.57 Å². The maximum atomic E-state index is 5.52. The lowest BCUT2D eigenvalue weighted by Crippen LogP contribution is -2.55. The highest BCUT2D eigenvalue weighted by Crippen LogP contribution is 2.58. The zero-order valence-corrected chi connectivity index (χ0v) is 26.9. The second-order valence-electron chi connectivity index (χ2n) is 12.8. The van der Waals surface area contributed by atoms with Gasteiger partial charge in [0.1, 0.15) is 18.2 Å². The summed E-state index contributed by atoms with van der Waals surface area (Å²) in [6.45, 7) is 4.71. The van der Waals surface area contributed by atoms with Crippen molar-refractivity contribution in [3.05, 3.63) is 144 Å². The SMILES string of the molecule is CCC1C2=C(C3N(N=C(c4ccccc4)N3c3ccccc3)c3ccccc32)C2N(C)c3ncncc3N2c2ccccc2C1CC. The van der Waals surface area contributed by atoms with E-state index in [9.17, 15) is 0 Å². The van der Waals surface area contributed by atoms with E-state index in [-0.39, 0.29) is 12.3 Å². The topological polar surface area (TPSA) is 51.1 Å². The molecule has 0 N–H and O–H groups in total. The van der Waals surface area contributed by atoms with Gasteiger partial charge in [-0.05, 0) is 60.1 Å². The van der Waals surface area contributed by atoms with E-state index in [1.807, 2.05) is 6.20 Å². The Bertz CT molecular complexity index is 2040. The third-order valence-electron chi connectivity index (χ3n) is 10.5. The van der Waals surface area contributed by atoms with Gasteiger partial charge in [0.25, 0.3) is 0 Å². The fourth-order valence-corrected chi connectivity index (χ4v) is 8.62. The first-order valence-corrected chi connectivity index (χ1v) is 16.7. The van der Waals surface area contributed by atoms with Crippen molar-refractivity contribution in [3.63, 3.8) is 0 Å². The number of para-hydroxylation sites is 3. The highest BCUT2D eigenvalue weighted by Gasteiger charge is 2.53. The van der Waals surface area contributed by atoms with Crippen LogP contribution in [-0.4, -0.2) is 35.2 Å². The molecule has 4 aliphatic heterocycles. The molecule has 4 unspecified atom stereocenters. The van der Waals surface area contributed by atoms with Crippen molar-refractivity contribution in [1.29, 1.82) is 0 Å². The number of hydrogen-bond acceptors (Lipinski definition) is 7. The van der Waals surface area contributed by atoms with E-state index in [0.717, 1.165) is 47.1 Å². The summed E-state index contributed by atoms with van der Waals surface area (Å²) >= 11 is 0. The van der Waals surface area contributed by atoms with Crippen LogP contribution in [0.15, 0.2) is 132 Å². The molecule has 0 saturated heterocycles. The predicted molar refractivity (Wildman–Crippen MR) is 191 cm³/mol. The van der Waals surface area contributed by atoms with Crippen LogP contribution < -0.4 is 19.7 Å². The third-order valence-corrected chi connectivity index (χ3v) is 10.5. The summed E-state index contributed by atoms with van der Waals surface area (Å²) < 4.78 is 0. The molecule has 7 heteroatoms. The number of likely N-dealkylation sites (N-methyl/N-ethyl adjacent to an activating group) is 1. The minimum absolute atomic E-state index is 0.151. The van der Waals surface area contributed by atoms with Crippen molar-refractivity contribution in [1.82, 2.24) is 9.97 Å². The van der Waals surface area contributed by atoms with Crippen molar-refractivity contribution < 1.29 is 0 Å². The van der Waals surface area contributed by atoms with Gasteiger partial charge in [0.2, 0.25) is 0 Å². The number of fused-ring (bicyclic) bond motifs is 11. The van der Waals surface area contributed by atoms with Gasteiger partial charge < -0.3 is 9.80 Å². The van der Waals surface area contributed by atoms with E-state index in [0.29, 0.717) is 11.8 Å². The summed E-state index contributed by atoms with van der Waals surface area (Å²) in [5.41, 5.74) is 11.0. The Morgan fingerprint density at radius 3 is 2.11 bits per heavy atom. The van der Waals surface area contributed by atoms with Crippen LogP contribution in [0.1, 0.15) is 49.3 Å². The minimum Gasteiger partial charge on any atom is -0.333 e. The first-order chi connectivity index (χ1) is 23.2. The number of aromatic nitrogens is 2. The van der Waals surface area contributed by atoms with E-state index in [1.165, 1.54) is 28.0 Å². The Labute approximate surface area is 276 Å². The molecule has 4 aliphatic rings. The standard InChI is InChI=1S/C40H37N7/c1-4-28-29(5-2)35-31-21-13-15-23-33(31)47-40(45(27-18-10-7-11-19-27)37(43-47)26-16-8-6-9-17-26)36(35)39-44(3)38-34(24-41-25-42-38)46(39)32-22-14-12-20-30(28)32/h6-25,28-29,39-40H,4-5H2,1-3H3. The molecule has 5 heterocycles. The Morgan fingerprint density at radius 2 is 1.34 bits per heavy atom. The summed E-state index contributed by atoms with van der Waals surface area (Å²) in [7, 11) is 2.19. The minimum atomic E-state index is -0.202. The molecular weight excluding hydrogens is 578 g/mol. The molecule has 4 atom stereocenters. The predicted octanol–water partition coefficient (Wildman–Crippen LogP) is 8.41. The number of benzene rings is 4. The largest absolute Gasteiger partial charge is 0.333 e. The number of hydrazone groups is 1. The lowest BCUT2D eigenvalue weighted by Gasteiger charge is -2.48. The molecule has 232 valence electrons. The number of nitrogens with zero attached hydrogens (tertiary/aromatic N) is 7. The van der Waals surface area contributed by atoms with E-state index in [4.69, 9.17) is 10.1 Å². The second kappa shape index (κ2) is 10.8. The van der Waals surface area contributed by atoms with Gasteiger partial charge in [-0.2, -0.15) is 5.10 Å². The van der Waals surface area contributed by atoms with Crippen molar-refractivity contribution in [2.24, 2.45) is 11.0 Å². The first kappa shape index (κ1) is 27.8. The molecule has 9 rings (SSSR count). The third kappa shape index (κ3) is 3.95. The molecule has 0 amide bonds. The summed E-state index contributed by atoms with van der Waals surface area (Å²) in [6, 6.07) is 39.3. The molecule has 0 saturated carbocycles. The highest BCUT2D eigenvalue weighted by molar-refractivity contribution is 6.14. The second-order valence-corrected chi connectivity index (χ2v) is 12.8. The molecule has 1 aromatic heterocycles. The van der Waals surface area contributed by atoms with Crippen molar-refractivity contribution in [3.8, 4) is 0 Å². The Hall–Kier alpha value is -5.43. The number of anilines is 5. The van der Waals surface area contributed by atoms with E-state index in [2.05, 4.69) is 155 Å². The monoisotopic (exact) mass is 615 g/mol. The number of allylic oxidation sites excluding steroid dienone is 1.